The van der Waals surface area contributed by atoms with Crippen molar-refractivity contribution < 1.29 is 14.3 Å². The van der Waals surface area contributed by atoms with Gasteiger partial charge in [-0.25, -0.2) is 9.78 Å². The van der Waals surface area contributed by atoms with Gasteiger partial charge >= 0.3 is 5.97 Å². The first-order valence-electron chi connectivity index (χ1n) is 7.27. The summed E-state index contributed by atoms with van der Waals surface area (Å²) in [6, 6.07) is 9.50. The zero-order valence-corrected chi connectivity index (χ0v) is 18.4. The monoisotopic (exact) mass is 472 g/mol. The summed E-state index contributed by atoms with van der Waals surface area (Å²) < 4.78 is 11.0. The van der Waals surface area contributed by atoms with Crippen molar-refractivity contribution >= 4 is 68.2 Å². The molecule has 0 unspecified atom stereocenters. The first-order valence-corrected chi connectivity index (χ1v) is 10.2. The molecular formula is C17H17BrN2O3S3. The molecule has 26 heavy (non-hydrogen) atoms. The second-order valence-corrected chi connectivity index (χ2v) is 7.88. The zero-order chi connectivity index (χ0) is 17.8. The van der Waals surface area contributed by atoms with Crippen molar-refractivity contribution in [3.8, 4) is 17.0 Å². The number of anilines is 2. The lowest BCUT2D eigenvalue weighted by Gasteiger charge is -2.04. The lowest BCUT2D eigenvalue weighted by atomic mass is 10.2. The molecule has 3 aromatic rings. The van der Waals surface area contributed by atoms with Crippen LogP contribution in [-0.4, -0.2) is 31.4 Å². The quantitative estimate of drug-likeness (QED) is 0.366. The summed E-state index contributed by atoms with van der Waals surface area (Å²) in [6.45, 7) is 0. The Hall–Kier alpha value is -1.55. The Morgan fingerprint density at radius 1 is 1.23 bits per heavy atom. The summed E-state index contributed by atoms with van der Waals surface area (Å²) in [6.07, 6.45) is 1.99. The first kappa shape index (κ1) is 20.8. The number of carbonyl (C=O) groups excluding carboxylic acids is 1. The molecule has 0 radical (unpaired) electrons. The van der Waals surface area contributed by atoms with Gasteiger partial charge in [0.1, 0.15) is 10.6 Å². The van der Waals surface area contributed by atoms with E-state index in [-0.39, 0.29) is 23.0 Å². The lowest BCUT2D eigenvalue weighted by Crippen LogP contribution is -1.96. The van der Waals surface area contributed by atoms with Crippen molar-refractivity contribution in [2.45, 2.75) is 4.21 Å². The number of benzene rings is 1. The number of nitrogens with one attached hydrogen (secondary N) is 1. The summed E-state index contributed by atoms with van der Waals surface area (Å²) >= 11 is 4.54. The molecule has 0 spiro atoms. The van der Waals surface area contributed by atoms with Crippen molar-refractivity contribution in [1.29, 1.82) is 0 Å². The number of hydrogen-bond acceptors (Lipinski definition) is 8. The number of aromatic nitrogens is 1. The Labute approximate surface area is 174 Å². The van der Waals surface area contributed by atoms with Gasteiger partial charge in [0, 0.05) is 16.6 Å². The maximum Gasteiger partial charge on any atom is 0.348 e. The molecule has 0 bridgehead atoms. The van der Waals surface area contributed by atoms with E-state index in [9.17, 15) is 4.79 Å². The third-order valence-corrected chi connectivity index (χ3v) is 6.40. The van der Waals surface area contributed by atoms with Crippen molar-refractivity contribution in [3.05, 3.63) is 40.6 Å². The van der Waals surface area contributed by atoms with E-state index in [1.54, 1.807) is 18.9 Å². The number of hydrogen-bond donors (Lipinski definition) is 1. The molecule has 0 aliphatic carbocycles. The molecule has 0 aliphatic heterocycles. The van der Waals surface area contributed by atoms with Gasteiger partial charge in [-0.15, -0.1) is 51.4 Å². The number of thioether (sulfide) groups is 1. The van der Waals surface area contributed by atoms with Crippen LogP contribution in [0.3, 0.4) is 0 Å². The van der Waals surface area contributed by atoms with E-state index in [1.165, 1.54) is 29.8 Å². The Morgan fingerprint density at radius 2 is 1.96 bits per heavy atom. The van der Waals surface area contributed by atoms with Gasteiger partial charge in [-0.05, 0) is 36.6 Å². The number of rotatable bonds is 6. The molecule has 0 saturated carbocycles. The highest BCUT2D eigenvalue weighted by Gasteiger charge is 2.18. The predicted molar refractivity (Wildman–Crippen MR) is 115 cm³/mol. The van der Waals surface area contributed by atoms with Crippen LogP contribution in [0.1, 0.15) is 9.67 Å². The van der Waals surface area contributed by atoms with Crippen molar-refractivity contribution in [2.24, 2.45) is 0 Å². The largest absolute Gasteiger partial charge is 0.497 e. The number of methoxy groups -OCH3 is 2. The van der Waals surface area contributed by atoms with E-state index >= 15 is 0 Å². The van der Waals surface area contributed by atoms with Crippen LogP contribution in [0.25, 0.3) is 11.3 Å². The highest BCUT2D eigenvalue weighted by molar-refractivity contribution is 8.93. The van der Waals surface area contributed by atoms with Crippen LogP contribution in [0.5, 0.6) is 5.75 Å². The minimum Gasteiger partial charge on any atom is -0.497 e. The van der Waals surface area contributed by atoms with Gasteiger partial charge < -0.3 is 14.8 Å². The van der Waals surface area contributed by atoms with E-state index in [4.69, 9.17) is 9.47 Å². The van der Waals surface area contributed by atoms with Gasteiger partial charge in [0.2, 0.25) is 0 Å². The molecule has 3 rings (SSSR count). The van der Waals surface area contributed by atoms with E-state index in [0.29, 0.717) is 4.88 Å². The molecule has 2 heterocycles. The minimum atomic E-state index is -0.321. The number of thiophene rings is 1. The summed E-state index contributed by atoms with van der Waals surface area (Å²) in [5.74, 6) is 0.488. The molecule has 9 heteroatoms. The normalized spacial score (nSPS) is 10.1. The van der Waals surface area contributed by atoms with E-state index in [2.05, 4.69) is 10.3 Å². The summed E-state index contributed by atoms with van der Waals surface area (Å²) in [5.41, 5.74) is 2.74. The van der Waals surface area contributed by atoms with E-state index in [0.717, 1.165) is 32.0 Å². The second kappa shape index (κ2) is 9.40. The van der Waals surface area contributed by atoms with Crippen LogP contribution in [0.2, 0.25) is 0 Å². The molecule has 5 nitrogen and oxygen atoms in total. The molecule has 1 aromatic carbocycles. The molecule has 0 saturated heterocycles. The van der Waals surface area contributed by atoms with Gasteiger partial charge in [0.05, 0.1) is 24.1 Å². The van der Waals surface area contributed by atoms with Gasteiger partial charge in [0.15, 0.2) is 5.13 Å². The highest BCUT2D eigenvalue weighted by atomic mass is 79.9. The third-order valence-electron chi connectivity index (χ3n) is 3.39. The SMILES string of the molecule is Br.COC(=O)c1cc(-c2csc(Nc3ccc(OC)cc3)n2)c(SC)s1. The molecular weight excluding hydrogens is 456 g/mol. The summed E-state index contributed by atoms with van der Waals surface area (Å²) in [5, 5.41) is 6.05. The standard InChI is InChI=1S/C17H16N2O3S3.BrH/c1-21-11-6-4-10(5-7-11)18-17-19-13(9-24-17)12-8-14(15(20)22-2)25-16(12)23-3;/h4-9H,1-3H3,(H,18,19);1H. The van der Waals surface area contributed by atoms with Gasteiger partial charge in [-0.2, -0.15) is 0 Å². The van der Waals surface area contributed by atoms with Crippen LogP contribution in [-0.2, 0) is 4.74 Å². The maximum absolute atomic E-state index is 11.8. The maximum atomic E-state index is 11.8. The van der Waals surface area contributed by atoms with Crippen molar-refractivity contribution in [1.82, 2.24) is 4.98 Å². The number of nitrogens with zero attached hydrogens (tertiary/aromatic N) is 1. The predicted octanol–water partition coefficient (Wildman–Crippen LogP) is 5.71. The Balaban J connectivity index is 0.00000243. The van der Waals surface area contributed by atoms with Crippen LogP contribution >= 0.6 is 51.4 Å². The van der Waals surface area contributed by atoms with Crippen LogP contribution in [0.4, 0.5) is 10.8 Å². The van der Waals surface area contributed by atoms with Crippen LogP contribution in [0.15, 0.2) is 39.9 Å². The summed E-state index contributed by atoms with van der Waals surface area (Å²) in [4.78, 5) is 17.0. The van der Waals surface area contributed by atoms with E-state index < -0.39 is 0 Å². The number of thiazole rings is 1. The third kappa shape index (κ3) is 4.59. The molecule has 0 atom stereocenters. The first-order chi connectivity index (χ1) is 12.1. The average Bonchev–Trinajstić information content (AvgIpc) is 3.28. The molecule has 0 fully saturated rings. The van der Waals surface area contributed by atoms with Gasteiger partial charge in [-0.3, -0.25) is 0 Å². The summed E-state index contributed by atoms with van der Waals surface area (Å²) in [7, 11) is 3.03. The Bertz CT molecular complexity index is 878. The Morgan fingerprint density at radius 3 is 2.58 bits per heavy atom. The molecule has 0 amide bonds. The van der Waals surface area contributed by atoms with Gasteiger partial charge in [-0.1, -0.05) is 0 Å². The second-order valence-electron chi connectivity index (χ2n) is 4.90. The average molecular weight is 473 g/mol. The highest BCUT2D eigenvalue weighted by Crippen LogP contribution is 2.39. The molecule has 138 valence electrons. The fourth-order valence-corrected chi connectivity index (χ4v) is 4.69. The fraction of sp³-hybridized carbons (Fsp3) is 0.176. The van der Waals surface area contributed by atoms with E-state index in [1.807, 2.05) is 42.0 Å². The number of halogens is 1. The molecule has 2 aromatic heterocycles. The zero-order valence-electron chi connectivity index (χ0n) is 14.3. The van der Waals surface area contributed by atoms with Crippen LogP contribution in [0, 0.1) is 0 Å². The van der Waals surface area contributed by atoms with Crippen molar-refractivity contribution in [3.63, 3.8) is 0 Å². The number of esters is 1. The topological polar surface area (TPSA) is 60.5 Å². The van der Waals surface area contributed by atoms with Crippen LogP contribution < -0.4 is 10.1 Å². The Kier molecular flexibility index (Phi) is 7.51. The minimum absolute atomic E-state index is 0. The molecule has 1 N–H and O–H groups in total. The van der Waals surface area contributed by atoms with Crippen molar-refractivity contribution in [2.75, 3.05) is 25.8 Å². The van der Waals surface area contributed by atoms with Gasteiger partial charge in [0.25, 0.3) is 0 Å². The smallest absolute Gasteiger partial charge is 0.348 e. The molecule has 0 aliphatic rings. The number of ether oxygens (including phenoxy) is 2. The number of carbonyl (C=O) groups is 1. The fourth-order valence-electron chi connectivity index (χ4n) is 2.16. The lowest BCUT2D eigenvalue weighted by molar-refractivity contribution is 0.0606.